The lowest BCUT2D eigenvalue weighted by molar-refractivity contribution is -0.645. The maximum Gasteiger partial charge on any atom is 0.345 e. The van der Waals surface area contributed by atoms with Gasteiger partial charge in [-0.2, -0.15) is 4.57 Å². The zero-order chi connectivity index (χ0) is 33.0. The number of ether oxygens (including phenoxy) is 2. The molecule has 0 aliphatic heterocycles. The van der Waals surface area contributed by atoms with Crippen LogP contribution in [-0.2, 0) is 16.7 Å². The van der Waals surface area contributed by atoms with E-state index in [1.807, 2.05) is 83.4 Å². The lowest BCUT2D eigenvalue weighted by Crippen LogP contribution is -2.37. The fourth-order valence-electron chi connectivity index (χ4n) is 5.58. The molecule has 0 saturated carbocycles. The predicted octanol–water partition coefficient (Wildman–Crippen LogP) is 6.32. The van der Waals surface area contributed by atoms with E-state index < -0.39 is 27.8 Å². The van der Waals surface area contributed by atoms with Gasteiger partial charge in [-0.05, 0) is 85.0 Å². The standard InChI is InChI=1S/C36H33NO8S/c1-23-20-27(35(38)39)21-24(2)34(23)45-36(40)33-29-8-4-5-9-31(29)37(18-6-7-19-46(41,42)43)32-17-14-26(22-30(32)33)11-10-25-12-15-28(44-3)16-13-25/h4-5,8-17,20-22H,6-7,18-19H2,1-3H3,(H-,38,39,41,42,43)/b11-10+. The van der Waals surface area contributed by atoms with E-state index >= 15 is 0 Å². The number of fused-ring (bicyclic) bond motifs is 2. The number of carboxylic acids is 1. The van der Waals surface area contributed by atoms with E-state index in [-0.39, 0.29) is 12.0 Å². The minimum absolute atomic E-state index is 0.101. The van der Waals surface area contributed by atoms with E-state index in [4.69, 9.17) is 9.47 Å². The molecule has 236 valence electrons. The van der Waals surface area contributed by atoms with Crippen LogP contribution in [0, 0.1) is 13.8 Å². The van der Waals surface area contributed by atoms with Gasteiger partial charge in [-0.3, -0.25) is 0 Å². The first-order valence-corrected chi connectivity index (χ1v) is 16.2. The summed E-state index contributed by atoms with van der Waals surface area (Å²) in [5.41, 5.74) is 4.72. The number of carbonyl (C=O) groups is 2. The van der Waals surface area contributed by atoms with Crippen LogP contribution in [0.15, 0.2) is 78.9 Å². The Morgan fingerprint density at radius 2 is 1.48 bits per heavy atom. The number of hydrogen-bond acceptors (Lipinski definition) is 7. The Kier molecular flexibility index (Phi) is 9.50. The van der Waals surface area contributed by atoms with Gasteiger partial charge in [0.2, 0.25) is 11.0 Å². The Morgan fingerprint density at radius 3 is 2.13 bits per heavy atom. The normalized spacial score (nSPS) is 11.7. The van der Waals surface area contributed by atoms with Crippen molar-refractivity contribution in [2.75, 3.05) is 12.9 Å². The number of aryl methyl sites for hydroxylation is 3. The second-order valence-corrected chi connectivity index (χ2v) is 12.6. The number of carboxylic acid groups (broad SMARTS) is 1. The summed E-state index contributed by atoms with van der Waals surface area (Å²) in [6.07, 6.45) is 4.52. The second-order valence-electron chi connectivity index (χ2n) is 11.0. The average molecular weight is 640 g/mol. The molecule has 1 heterocycles. The molecule has 0 unspecified atom stereocenters. The van der Waals surface area contributed by atoms with Crippen LogP contribution in [0.25, 0.3) is 34.0 Å². The Balaban J connectivity index is 1.64. The zero-order valence-corrected chi connectivity index (χ0v) is 26.5. The number of hydrogen-bond donors (Lipinski definition) is 1. The quantitative estimate of drug-likeness (QED) is 0.0338. The molecule has 5 aromatic rings. The molecule has 0 radical (unpaired) electrons. The molecule has 9 nitrogen and oxygen atoms in total. The first kappa shape index (κ1) is 32.3. The number of aromatic nitrogens is 1. The average Bonchev–Trinajstić information content (AvgIpc) is 3.02. The second kappa shape index (κ2) is 13.5. The van der Waals surface area contributed by atoms with Crippen LogP contribution in [0.2, 0.25) is 0 Å². The molecular weight excluding hydrogens is 606 g/mol. The number of pyridine rings is 1. The van der Waals surface area contributed by atoms with Crippen molar-refractivity contribution in [3.05, 3.63) is 112 Å². The molecule has 0 saturated heterocycles. The van der Waals surface area contributed by atoms with Gasteiger partial charge in [0.25, 0.3) is 0 Å². The summed E-state index contributed by atoms with van der Waals surface area (Å²) in [6, 6.07) is 23.7. The molecule has 0 aliphatic carbocycles. The Labute approximate surface area is 267 Å². The van der Waals surface area contributed by atoms with E-state index in [1.54, 1.807) is 21.0 Å². The van der Waals surface area contributed by atoms with Crippen LogP contribution >= 0.6 is 0 Å². The van der Waals surface area contributed by atoms with Gasteiger partial charge < -0.3 is 19.1 Å². The summed E-state index contributed by atoms with van der Waals surface area (Å²) >= 11 is 0. The minimum Gasteiger partial charge on any atom is -0.748 e. The van der Waals surface area contributed by atoms with E-state index in [2.05, 4.69) is 0 Å². The van der Waals surface area contributed by atoms with E-state index in [1.165, 1.54) is 12.1 Å². The molecule has 0 aliphatic rings. The molecule has 0 atom stereocenters. The van der Waals surface area contributed by atoms with Crippen LogP contribution in [0.3, 0.4) is 0 Å². The van der Waals surface area contributed by atoms with Gasteiger partial charge in [0, 0.05) is 24.3 Å². The molecule has 0 fully saturated rings. The smallest absolute Gasteiger partial charge is 0.345 e. The van der Waals surface area contributed by atoms with E-state index in [0.29, 0.717) is 46.2 Å². The number of unbranched alkanes of at least 4 members (excludes halogenated alkanes) is 1. The van der Waals surface area contributed by atoms with Crippen LogP contribution in [0.5, 0.6) is 11.5 Å². The van der Waals surface area contributed by atoms with Gasteiger partial charge >= 0.3 is 11.9 Å². The van der Waals surface area contributed by atoms with Crippen LogP contribution in [0.4, 0.5) is 0 Å². The lowest BCUT2D eigenvalue weighted by Gasteiger charge is -2.15. The molecular formula is C36H33NO8S. The van der Waals surface area contributed by atoms with Crippen molar-refractivity contribution < 1.29 is 41.7 Å². The number of esters is 1. The Hall–Kier alpha value is -5.06. The summed E-state index contributed by atoms with van der Waals surface area (Å²) in [6.45, 7) is 3.81. The SMILES string of the molecule is COc1ccc(/C=C/c2ccc3c(c2)c(C(=O)Oc2c(C)cc(C(=O)O)cc2C)c2ccccc2[n+]3CCCCS(=O)(=O)[O-])cc1. The van der Waals surface area contributed by atoms with Gasteiger partial charge in [0.05, 0.1) is 39.1 Å². The van der Waals surface area contributed by atoms with Crippen LogP contribution in [0.1, 0.15) is 55.8 Å². The van der Waals surface area contributed by atoms with Crippen LogP contribution in [-0.4, -0.2) is 42.9 Å². The molecule has 0 bridgehead atoms. The third kappa shape index (κ3) is 7.25. The third-order valence-corrected chi connectivity index (χ3v) is 8.55. The number of benzene rings is 4. The molecule has 1 N–H and O–H groups in total. The van der Waals surface area contributed by atoms with Crippen molar-refractivity contribution in [2.24, 2.45) is 0 Å². The van der Waals surface area contributed by atoms with Gasteiger partial charge in [-0.25, -0.2) is 18.0 Å². The van der Waals surface area contributed by atoms with Crippen molar-refractivity contribution in [1.29, 1.82) is 0 Å². The Morgan fingerprint density at radius 1 is 0.848 bits per heavy atom. The number of nitrogens with zero attached hydrogens (tertiary/aromatic N) is 1. The number of para-hydroxylation sites is 1. The summed E-state index contributed by atoms with van der Waals surface area (Å²) < 4.78 is 46.9. The number of methoxy groups -OCH3 is 1. The first-order valence-electron chi connectivity index (χ1n) is 14.7. The van der Waals surface area contributed by atoms with Gasteiger partial charge in [-0.1, -0.05) is 36.4 Å². The largest absolute Gasteiger partial charge is 0.748 e. The number of rotatable bonds is 11. The monoisotopic (exact) mass is 639 g/mol. The predicted molar refractivity (Wildman–Crippen MR) is 175 cm³/mol. The Bertz CT molecular complexity index is 2080. The highest BCUT2D eigenvalue weighted by atomic mass is 32.2. The number of carbonyl (C=O) groups excluding carboxylic acids is 1. The molecule has 0 amide bonds. The first-order chi connectivity index (χ1) is 21.9. The van der Waals surface area contributed by atoms with Crippen molar-refractivity contribution in [1.82, 2.24) is 0 Å². The highest BCUT2D eigenvalue weighted by Crippen LogP contribution is 2.31. The highest BCUT2D eigenvalue weighted by Gasteiger charge is 2.26. The third-order valence-electron chi connectivity index (χ3n) is 7.76. The number of aromatic carboxylic acids is 1. The van der Waals surface area contributed by atoms with Crippen LogP contribution < -0.4 is 14.0 Å². The molecule has 4 aromatic carbocycles. The summed E-state index contributed by atoms with van der Waals surface area (Å²) in [7, 11) is -2.72. The van der Waals surface area contributed by atoms with E-state index in [0.717, 1.165) is 27.9 Å². The minimum atomic E-state index is -4.33. The molecule has 10 heteroatoms. The summed E-state index contributed by atoms with van der Waals surface area (Å²) in [5, 5.41) is 10.7. The van der Waals surface area contributed by atoms with E-state index in [9.17, 15) is 27.7 Å². The fraction of sp³-hybridized carbons (Fsp3) is 0.194. The molecule has 1 aromatic heterocycles. The molecule has 46 heavy (non-hydrogen) atoms. The maximum absolute atomic E-state index is 14.1. The van der Waals surface area contributed by atoms with Crippen molar-refractivity contribution in [3.63, 3.8) is 0 Å². The topological polar surface area (TPSA) is 134 Å². The summed E-state index contributed by atoms with van der Waals surface area (Å²) in [4.78, 5) is 25.7. The lowest BCUT2D eigenvalue weighted by atomic mass is 9.99. The van der Waals surface area contributed by atoms with Crippen molar-refractivity contribution >= 4 is 56.0 Å². The van der Waals surface area contributed by atoms with Gasteiger partial charge in [0.15, 0.2) is 0 Å². The fourth-order valence-corrected chi connectivity index (χ4v) is 6.14. The van der Waals surface area contributed by atoms with Gasteiger partial charge in [-0.15, -0.1) is 0 Å². The van der Waals surface area contributed by atoms with Crippen molar-refractivity contribution in [2.45, 2.75) is 33.2 Å². The van der Waals surface area contributed by atoms with Gasteiger partial charge in [0.1, 0.15) is 18.0 Å². The summed E-state index contributed by atoms with van der Waals surface area (Å²) in [5.74, 6) is -1.09. The highest BCUT2D eigenvalue weighted by molar-refractivity contribution is 7.85. The maximum atomic E-state index is 14.1. The van der Waals surface area contributed by atoms with Crippen molar-refractivity contribution in [3.8, 4) is 11.5 Å². The molecule has 5 rings (SSSR count). The zero-order valence-electron chi connectivity index (χ0n) is 25.6. The molecule has 0 spiro atoms.